The number of ether oxygens (including phenoxy) is 1. The van der Waals surface area contributed by atoms with Gasteiger partial charge in [0, 0.05) is 6.07 Å². The topological polar surface area (TPSA) is 126 Å². The third-order valence-electron chi connectivity index (χ3n) is 2.76. The van der Waals surface area contributed by atoms with Gasteiger partial charge in [-0.2, -0.15) is 8.78 Å². The highest BCUT2D eigenvalue weighted by molar-refractivity contribution is 6.00. The Balaban J connectivity index is 2.02. The zero-order chi connectivity index (χ0) is 17.7. The molecular weight excluding hydrogens is 330 g/mol. The molecule has 126 valence electrons. The lowest BCUT2D eigenvalue weighted by atomic mass is 10.2. The highest BCUT2D eigenvalue weighted by atomic mass is 19.3. The molecule has 1 aromatic carbocycles. The number of rotatable bonds is 5. The van der Waals surface area contributed by atoms with Crippen LogP contribution in [-0.2, 0) is 0 Å². The summed E-state index contributed by atoms with van der Waals surface area (Å²) in [6, 6.07) is 6.17. The molecule has 0 aliphatic carbocycles. The average Bonchev–Trinajstić information content (AvgIpc) is 3.02. The van der Waals surface area contributed by atoms with Crippen molar-refractivity contribution < 1.29 is 28.0 Å². The smallest absolute Gasteiger partial charge is 0.387 e. The van der Waals surface area contributed by atoms with E-state index in [0.717, 1.165) is 18.3 Å². The number of hydrazine groups is 1. The Morgan fingerprint density at radius 2 is 1.88 bits per heavy atom. The summed E-state index contributed by atoms with van der Waals surface area (Å²) in [6.45, 7) is -3.12. The number of alkyl halides is 2. The number of benzene rings is 1. The third-order valence-corrected chi connectivity index (χ3v) is 2.76. The molecule has 0 aliphatic heterocycles. The summed E-state index contributed by atoms with van der Waals surface area (Å²) in [5, 5.41) is 10.5. The van der Waals surface area contributed by atoms with Crippen molar-refractivity contribution in [3.05, 3.63) is 57.9 Å². The van der Waals surface area contributed by atoms with E-state index in [9.17, 15) is 28.5 Å². The van der Waals surface area contributed by atoms with E-state index < -0.39 is 23.3 Å². The zero-order valence-electron chi connectivity index (χ0n) is 11.8. The second-order valence-electron chi connectivity index (χ2n) is 4.31. The molecule has 0 saturated heterocycles. The van der Waals surface area contributed by atoms with Crippen LogP contribution in [0.25, 0.3) is 0 Å². The SMILES string of the molecule is O=C(NNC(=O)c1ccccc1OC(F)F)c1cc([N+](=O)[O-])c[nH]1. The molecule has 1 aromatic heterocycles. The lowest BCUT2D eigenvalue weighted by Gasteiger charge is -2.11. The van der Waals surface area contributed by atoms with Gasteiger partial charge in [-0.25, -0.2) is 0 Å². The quantitative estimate of drug-likeness (QED) is 0.563. The first-order chi connectivity index (χ1) is 11.4. The summed E-state index contributed by atoms with van der Waals surface area (Å²) < 4.78 is 28.8. The molecule has 0 atom stereocenters. The number of nitrogens with one attached hydrogen (secondary N) is 3. The fourth-order valence-corrected chi connectivity index (χ4v) is 1.72. The second kappa shape index (κ2) is 7.17. The second-order valence-corrected chi connectivity index (χ2v) is 4.31. The highest BCUT2D eigenvalue weighted by Crippen LogP contribution is 2.19. The molecule has 24 heavy (non-hydrogen) atoms. The summed E-state index contributed by atoms with van der Waals surface area (Å²) in [7, 11) is 0. The van der Waals surface area contributed by atoms with Gasteiger partial charge in [0.1, 0.15) is 11.4 Å². The van der Waals surface area contributed by atoms with Crippen molar-refractivity contribution in [2.45, 2.75) is 6.61 Å². The van der Waals surface area contributed by atoms with Crippen molar-refractivity contribution in [3.63, 3.8) is 0 Å². The van der Waals surface area contributed by atoms with E-state index in [2.05, 4.69) is 9.72 Å². The van der Waals surface area contributed by atoms with Crippen molar-refractivity contribution in [2.24, 2.45) is 0 Å². The van der Waals surface area contributed by atoms with E-state index in [-0.39, 0.29) is 22.7 Å². The number of amides is 2. The van der Waals surface area contributed by atoms with Crippen LogP contribution in [0.5, 0.6) is 5.75 Å². The monoisotopic (exact) mass is 340 g/mol. The maximum absolute atomic E-state index is 12.3. The first-order valence-corrected chi connectivity index (χ1v) is 6.36. The number of aromatic nitrogens is 1. The van der Waals surface area contributed by atoms with Gasteiger partial charge in [-0.1, -0.05) is 12.1 Å². The summed E-state index contributed by atoms with van der Waals surface area (Å²) in [4.78, 5) is 35.9. The number of halogens is 2. The molecule has 0 spiro atoms. The van der Waals surface area contributed by atoms with Crippen LogP contribution in [0, 0.1) is 10.1 Å². The number of hydrogen-bond acceptors (Lipinski definition) is 5. The van der Waals surface area contributed by atoms with Crippen molar-refractivity contribution in [3.8, 4) is 5.75 Å². The number of H-pyrrole nitrogens is 1. The number of aromatic amines is 1. The van der Waals surface area contributed by atoms with Crippen LogP contribution in [0.2, 0.25) is 0 Å². The minimum Gasteiger partial charge on any atom is -0.434 e. The molecule has 0 radical (unpaired) electrons. The predicted octanol–water partition coefficient (Wildman–Crippen LogP) is 1.60. The molecule has 2 aromatic rings. The van der Waals surface area contributed by atoms with Gasteiger partial charge >= 0.3 is 6.61 Å². The number of nitrogens with zero attached hydrogens (tertiary/aromatic N) is 1. The Morgan fingerprint density at radius 1 is 1.21 bits per heavy atom. The molecule has 0 bridgehead atoms. The fraction of sp³-hybridized carbons (Fsp3) is 0.0769. The number of carbonyl (C=O) groups excluding carboxylic acids is 2. The van der Waals surface area contributed by atoms with Crippen LogP contribution in [-0.4, -0.2) is 28.3 Å². The molecule has 0 unspecified atom stereocenters. The predicted molar refractivity (Wildman–Crippen MR) is 75.5 cm³/mol. The van der Waals surface area contributed by atoms with Crippen LogP contribution >= 0.6 is 0 Å². The van der Waals surface area contributed by atoms with Crippen molar-refractivity contribution in [2.75, 3.05) is 0 Å². The molecule has 11 heteroatoms. The standard InChI is InChI=1S/C13H10F2N4O5/c14-13(15)24-10-4-2-1-3-8(10)11(20)17-18-12(21)9-5-7(6-16-9)19(22)23/h1-6,13,16H,(H,17,20)(H,18,21). The third kappa shape index (κ3) is 4.03. The van der Waals surface area contributed by atoms with Gasteiger partial charge < -0.3 is 9.72 Å². The van der Waals surface area contributed by atoms with Crippen LogP contribution in [0.15, 0.2) is 36.5 Å². The van der Waals surface area contributed by atoms with Crippen molar-refractivity contribution >= 4 is 17.5 Å². The van der Waals surface area contributed by atoms with Gasteiger partial charge in [0.15, 0.2) is 0 Å². The molecule has 2 rings (SSSR count). The van der Waals surface area contributed by atoms with E-state index >= 15 is 0 Å². The molecule has 0 aliphatic rings. The van der Waals surface area contributed by atoms with E-state index in [1.165, 1.54) is 18.2 Å². The van der Waals surface area contributed by atoms with Gasteiger partial charge in [0.25, 0.3) is 17.5 Å². The van der Waals surface area contributed by atoms with Crippen LogP contribution in [0.3, 0.4) is 0 Å². The first kappa shape index (κ1) is 16.9. The first-order valence-electron chi connectivity index (χ1n) is 6.36. The molecule has 1 heterocycles. The van der Waals surface area contributed by atoms with E-state index in [4.69, 9.17) is 0 Å². The van der Waals surface area contributed by atoms with Gasteiger partial charge in [-0.3, -0.25) is 30.6 Å². The van der Waals surface area contributed by atoms with Gasteiger partial charge in [-0.15, -0.1) is 0 Å². The minimum absolute atomic E-state index is 0.167. The summed E-state index contributed by atoms with van der Waals surface area (Å²) in [6.07, 6.45) is 1.00. The maximum Gasteiger partial charge on any atom is 0.387 e. The van der Waals surface area contributed by atoms with E-state index in [1.54, 1.807) is 0 Å². The van der Waals surface area contributed by atoms with Gasteiger partial charge in [-0.05, 0) is 12.1 Å². The fourth-order valence-electron chi connectivity index (χ4n) is 1.72. The molecule has 9 nitrogen and oxygen atoms in total. The number of para-hydroxylation sites is 1. The Hall–Kier alpha value is -3.50. The van der Waals surface area contributed by atoms with E-state index in [0.29, 0.717) is 0 Å². The number of carbonyl (C=O) groups is 2. The number of hydrogen-bond donors (Lipinski definition) is 3. The summed E-state index contributed by atoms with van der Waals surface area (Å²) in [5.74, 6) is -2.13. The van der Waals surface area contributed by atoms with Crippen molar-refractivity contribution in [1.29, 1.82) is 0 Å². The largest absolute Gasteiger partial charge is 0.434 e. The lowest BCUT2D eigenvalue weighted by Crippen LogP contribution is -2.41. The Bertz CT molecular complexity index is 777. The lowest BCUT2D eigenvalue weighted by molar-refractivity contribution is -0.384. The normalized spacial score (nSPS) is 10.3. The highest BCUT2D eigenvalue weighted by Gasteiger charge is 2.18. The van der Waals surface area contributed by atoms with Gasteiger partial charge in [0.05, 0.1) is 16.7 Å². The maximum atomic E-state index is 12.3. The minimum atomic E-state index is -3.12. The Labute approximate surface area is 132 Å². The summed E-state index contributed by atoms with van der Waals surface area (Å²) in [5.41, 5.74) is 3.27. The van der Waals surface area contributed by atoms with Crippen LogP contribution in [0.1, 0.15) is 20.8 Å². The Morgan fingerprint density at radius 3 is 2.50 bits per heavy atom. The number of nitro groups is 1. The molecule has 3 N–H and O–H groups in total. The Kier molecular flexibility index (Phi) is 5.04. The zero-order valence-corrected chi connectivity index (χ0v) is 11.8. The van der Waals surface area contributed by atoms with Crippen LogP contribution in [0.4, 0.5) is 14.5 Å². The average molecular weight is 340 g/mol. The van der Waals surface area contributed by atoms with Crippen molar-refractivity contribution in [1.82, 2.24) is 15.8 Å². The molecule has 0 saturated carbocycles. The molecule has 0 fully saturated rings. The van der Waals surface area contributed by atoms with E-state index in [1.807, 2.05) is 10.9 Å². The van der Waals surface area contributed by atoms with Crippen LogP contribution < -0.4 is 15.6 Å². The van der Waals surface area contributed by atoms with Gasteiger partial charge in [0.2, 0.25) is 0 Å². The summed E-state index contributed by atoms with van der Waals surface area (Å²) >= 11 is 0. The molecule has 2 amide bonds. The molecular formula is C13H10F2N4O5.